The van der Waals surface area contributed by atoms with E-state index < -0.39 is 0 Å². The Labute approximate surface area is 125 Å². The fourth-order valence-corrected chi connectivity index (χ4v) is 2.28. The molecule has 0 bridgehead atoms. The predicted octanol–water partition coefficient (Wildman–Crippen LogP) is 1.10. The predicted molar refractivity (Wildman–Crippen MR) is 80.7 cm³/mol. The Morgan fingerprint density at radius 3 is 2.91 bits per heavy atom. The zero-order chi connectivity index (χ0) is 15.7. The maximum absolute atomic E-state index is 12.2. The summed E-state index contributed by atoms with van der Waals surface area (Å²) in [6, 6.07) is 5.03. The number of aromatic amines is 1. The van der Waals surface area contributed by atoms with Gasteiger partial charge in [-0.2, -0.15) is 10.1 Å². The first-order valence-electron chi connectivity index (χ1n) is 6.78. The van der Waals surface area contributed by atoms with Gasteiger partial charge in [-0.15, -0.1) is 0 Å². The van der Waals surface area contributed by atoms with Crippen molar-refractivity contribution >= 4 is 22.9 Å². The molecule has 0 aliphatic heterocycles. The van der Waals surface area contributed by atoms with Gasteiger partial charge < -0.3 is 4.57 Å². The SMILES string of the molecule is CCn1c(=O)c(C)nc2cc(C(=O)Nc3ncn[nH]3)ccc21. The van der Waals surface area contributed by atoms with Gasteiger partial charge in [-0.05, 0) is 32.0 Å². The van der Waals surface area contributed by atoms with Crippen molar-refractivity contribution < 1.29 is 4.79 Å². The number of fused-ring (bicyclic) bond motifs is 1. The first-order valence-corrected chi connectivity index (χ1v) is 6.78. The fraction of sp³-hybridized carbons (Fsp3) is 0.214. The molecular weight excluding hydrogens is 284 g/mol. The molecule has 22 heavy (non-hydrogen) atoms. The van der Waals surface area contributed by atoms with Gasteiger partial charge in [-0.3, -0.25) is 14.9 Å². The molecule has 0 atom stereocenters. The number of rotatable bonds is 3. The van der Waals surface area contributed by atoms with E-state index in [9.17, 15) is 9.59 Å². The number of nitrogens with one attached hydrogen (secondary N) is 2. The standard InChI is InChI=1S/C14H14N6O2/c1-3-20-11-5-4-9(6-10(11)17-8(2)13(20)22)12(21)18-14-15-7-16-19-14/h4-7H,3H2,1-2H3,(H2,15,16,18,19,21). The summed E-state index contributed by atoms with van der Waals surface area (Å²) in [6.45, 7) is 4.10. The number of amides is 1. The fourth-order valence-electron chi connectivity index (χ4n) is 2.28. The van der Waals surface area contributed by atoms with Gasteiger partial charge in [-0.1, -0.05) is 0 Å². The first kappa shape index (κ1) is 13.9. The maximum Gasteiger partial charge on any atom is 0.272 e. The topological polar surface area (TPSA) is 106 Å². The number of hydrogen-bond donors (Lipinski definition) is 2. The van der Waals surface area contributed by atoms with Crippen molar-refractivity contribution in [1.29, 1.82) is 0 Å². The van der Waals surface area contributed by atoms with E-state index in [1.165, 1.54) is 6.33 Å². The molecule has 3 aromatic rings. The lowest BCUT2D eigenvalue weighted by atomic mass is 10.1. The number of carbonyl (C=O) groups is 1. The highest BCUT2D eigenvalue weighted by molar-refractivity contribution is 6.05. The number of anilines is 1. The number of carbonyl (C=O) groups excluding carboxylic acids is 1. The highest BCUT2D eigenvalue weighted by Gasteiger charge is 2.12. The largest absolute Gasteiger partial charge is 0.305 e. The molecule has 0 saturated carbocycles. The Morgan fingerprint density at radius 2 is 2.23 bits per heavy atom. The van der Waals surface area contributed by atoms with Gasteiger partial charge in [0.25, 0.3) is 11.5 Å². The molecule has 1 aromatic carbocycles. The molecule has 0 radical (unpaired) electrons. The van der Waals surface area contributed by atoms with E-state index in [2.05, 4.69) is 25.5 Å². The monoisotopic (exact) mass is 298 g/mol. The molecule has 0 unspecified atom stereocenters. The van der Waals surface area contributed by atoms with Crippen LogP contribution < -0.4 is 10.9 Å². The van der Waals surface area contributed by atoms with E-state index in [0.29, 0.717) is 28.8 Å². The Kier molecular flexibility index (Phi) is 3.42. The van der Waals surface area contributed by atoms with Crippen LogP contribution in [0.5, 0.6) is 0 Å². The minimum atomic E-state index is -0.327. The second-order valence-corrected chi connectivity index (χ2v) is 4.74. The van der Waals surface area contributed by atoms with Crippen molar-refractivity contribution in [2.24, 2.45) is 0 Å². The number of H-pyrrole nitrogens is 1. The Hall–Kier alpha value is -3.03. The number of benzene rings is 1. The number of aryl methyl sites for hydroxylation is 2. The summed E-state index contributed by atoms with van der Waals surface area (Å²) in [5, 5.41) is 8.81. The number of nitrogens with zero attached hydrogens (tertiary/aromatic N) is 4. The van der Waals surface area contributed by atoms with Gasteiger partial charge in [0.15, 0.2) is 0 Å². The van der Waals surface area contributed by atoms with Crippen LogP contribution in [-0.2, 0) is 6.54 Å². The Bertz CT molecular complexity index is 898. The summed E-state index contributed by atoms with van der Waals surface area (Å²) in [6.07, 6.45) is 1.31. The van der Waals surface area contributed by atoms with Crippen molar-refractivity contribution in [1.82, 2.24) is 24.7 Å². The molecule has 8 heteroatoms. The molecule has 1 amide bonds. The lowest BCUT2D eigenvalue weighted by Crippen LogP contribution is -2.23. The summed E-state index contributed by atoms with van der Waals surface area (Å²) in [4.78, 5) is 32.3. The van der Waals surface area contributed by atoms with Crippen LogP contribution in [0.1, 0.15) is 23.0 Å². The Balaban J connectivity index is 2.05. The molecule has 2 heterocycles. The Morgan fingerprint density at radius 1 is 1.41 bits per heavy atom. The number of hydrogen-bond acceptors (Lipinski definition) is 5. The van der Waals surface area contributed by atoms with Gasteiger partial charge in [0.1, 0.15) is 12.0 Å². The van der Waals surface area contributed by atoms with Crippen molar-refractivity contribution in [3.63, 3.8) is 0 Å². The van der Waals surface area contributed by atoms with Gasteiger partial charge in [0.2, 0.25) is 5.95 Å². The van der Waals surface area contributed by atoms with Crippen molar-refractivity contribution in [2.45, 2.75) is 20.4 Å². The van der Waals surface area contributed by atoms with Crippen molar-refractivity contribution in [3.8, 4) is 0 Å². The highest BCUT2D eigenvalue weighted by atomic mass is 16.2. The third kappa shape index (κ3) is 2.34. The molecule has 0 spiro atoms. The smallest absolute Gasteiger partial charge is 0.272 e. The van der Waals surface area contributed by atoms with E-state index in [4.69, 9.17) is 0 Å². The molecule has 8 nitrogen and oxygen atoms in total. The summed E-state index contributed by atoms with van der Waals surface area (Å²) in [5.74, 6) is -0.0554. The first-order chi connectivity index (χ1) is 10.6. The minimum absolute atomic E-state index is 0.117. The molecule has 0 saturated heterocycles. The molecule has 2 aromatic heterocycles. The van der Waals surface area contributed by atoms with E-state index in [1.54, 1.807) is 29.7 Å². The second-order valence-electron chi connectivity index (χ2n) is 4.74. The molecule has 0 fully saturated rings. The van der Waals surface area contributed by atoms with Crippen LogP contribution in [0.25, 0.3) is 11.0 Å². The second kappa shape index (κ2) is 5.40. The van der Waals surface area contributed by atoms with Gasteiger partial charge in [0, 0.05) is 12.1 Å². The van der Waals surface area contributed by atoms with Gasteiger partial charge >= 0.3 is 0 Å². The van der Waals surface area contributed by atoms with Crippen molar-refractivity contribution in [3.05, 3.63) is 46.1 Å². The molecule has 112 valence electrons. The van der Waals surface area contributed by atoms with Crippen molar-refractivity contribution in [2.75, 3.05) is 5.32 Å². The lowest BCUT2D eigenvalue weighted by molar-refractivity contribution is 0.102. The summed E-state index contributed by atoms with van der Waals surface area (Å²) in [7, 11) is 0. The normalized spacial score (nSPS) is 10.8. The minimum Gasteiger partial charge on any atom is -0.305 e. The van der Waals surface area contributed by atoms with E-state index >= 15 is 0 Å². The van der Waals surface area contributed by atoms with E-state index in [1.807, 2.05) is 6.92 Å². The van der Waals surface area contributed by atoms with Crippen LogP contribution in [0.4, 0.5) is 5.95 Å². The van der Waals surface area contributed by atoms with Crippen LogP contribution in [-0.4, -0.2) is 30.6 Å². The third-order valence-electron chi connectivity index (χ3n) is 3.33. The zero-order valence-corrected chi connectivity index (χ0v) is 12.1. The number of aromatic nitrogens is 5. The average molecular weight is 298 g/mol. The molecule has 0 aliphatic carbocycles. The zero-order valence-electron chi connectivity index (χ0n) is 12.1. The summed E-state index contributed by atoms with van der Waals surface area (Å²) < 4.78 is 1.63. The van der Waals surface area contributed by atoms with Crippen LogP contribution in [0, 0.1) is 6.92 Å². The average Bonchev–Trinajstić information content (AvgIpc) is 3.01. The summed E-state index contributed by atoms with van der Waals surface area (Å²) >= 11 is 0. The van der Waals surface area contributed by atoms with E-state index in [0.717, 1.165) is 0 Å². The maximum atomic E-state index is 12.2. The van der Waals surface area contributed by atoms with Crippen LogP contribution in [0.15, 0.2) is 29.3 Å². The quantitative estimate of drug-likeness (QED) is 0.753. The lowest BCUT2D eigenvalue weighted by Gasteiger charge is -2.09. The van der Waals surface area contributed by atoms with Crippen LogP contribution >= 0.6 is 0 Å². The highest BCUT2D eigenvalue weighted by Crippen LogP contribution is 2.14. The van der Waals surface area contributed by atoms with E-state index in [-0.39, 0.29) is 17.4 Å². The van der Waals surface area contributed by atoms with Gasteiger partial charge in [0.05, 0.1) is 11.0 Å². The van der Waals surface area contributed by atoms with Crippen LogP contribution in [0.2, 0.25) is 0 Å². The molecular formula is C14H14N6O2. The molecule has 2 N–H and O–H groups in total. The molecule has 0 aliphatic rings. The third-order valence-corrected chi connectivity index (χ3v) is 3.33. The summed E-state index contributed by atoms with van der Waals surface area (Å²) in [5.41, 5.74) is 2.02. The molecule has 3 rings (SSSR count). The van der Waals surface area contributed by atoms with Crippen LogP contribution in [0.3, 0.4) is 0 Å². The van der Waals surface area contributed by atoms with Gasteiger partial charge in [-0.25, -0.2) is 10.1 Å².